The molecule has 3 rings (SSSR count). The van der Waals surface area contributed by atoms with Crippen molar-refractivity contribution in [3.63, 3.8) is 0 Å². The molecule has 0 atom stereocenters. The maximum Gasteiger partial charge on any atom is 0.240 e. The molecule has 3 aromatic rings. The lowest BCUT2D eigenvalue weighted by Crippen LogP contribution is -2.26. The second-order valence-corrected chi connectivity index (χ2v) is 7.90. The lowest BCUT2D eigenvalue weighted by molar-refractivity contribution is 0.379. The molecular weight excluding hydrogens is 366 g/mol. The van der Waals surface area contributed by atoms with Crippen LogP contribution in [-0.4, -0.2) is 32.2 Å². The third kappa shape index (κ3) is 4.53. The van der Waals surface area contributed by atoms with E-state index in [1.165, 1.54) is 13.2 Å². The van der Waals surface area contributed by atoms with Crippen molar-refractivity contribution in [1.82, 2.24) is 14.9 Å². The van der Waals surface area contributed by atoms with Crippen LogP contribution in [0.15, 0.2) is 51.9 Å². The van der Waals surface area contributed by atoms with Gasteiger partial charge in [-0.1, -0.05) is 28.9 Å². The van der Waals surface area contributed by atoms with Gasteiger partial charge in [-0.3, -0.25) is 0 Å². The summed E-state index contributed by atoms with van der Waals surface area (Å²) in [4.78, 5) is 4.54. The van der Waals surface area contributed by atoms with Crippen LogP contribution in [0.3, 0.4) is 0 Å². The van der Waals surface area contributed by atoms with Crippen molar-refractivity contribution in [3.05, 3.63) is 59.5 Å². The first-order valence-electron chi connectivity index (χ1n) is 8.43. The Balaban J connectivity index is 1.64. The number of nitrogens with zero attached hydrogens (tertiary/aromatic N) is 2. The van der Waals surface area contributed by atoms with Crippen molar-refractivity contribution in [1.29, 1.82) is 0 Å². The van der Waals surface area contributed by atoms with Gasteiger partial charge in [0.1, 0.15) is 5.75 Å². The second-order valence-electron chi connectivity index (χ2n) is 6.16. The number of hydrogen-bond acceptors (Lipinski definition) is 6. The van der Waals surface area contributed by atoms with Gasteiger partial charge in [-0.05, 0) is 43.7 Å². The topological polar surface area (TPSA) is 94.3 Å². The molecule has 0 radical (unpaired) electrons. The molecule has 7 nitrogen and oxygen atoms in total. The highest BCUT2D eigenvalue weighted by atomic mass is 32.2. The molecule has 27 heavy (non-hydrogen) atoms. The van der Waals surface area contributed by atoms with E-state index in [0.717, 1.165) is 11.1 Å². The monoisotopic (exact) mass is 387 g/mol. The summed E-state index contributed by atoms with van der Waals surface area (Å²) < 4.78 is 37.9. The number of nitrogens with one attached hydrogen (secondary N) is 1. The van der Waals surface area contributed by atoms with Crippen LogP contribution in [0.1, 0.15) is 17.0 Å². The van der Waals surface area contributed by atoms with Gasteiger partial charge < -0.3 is 9.26 Å². The number of hydrogen-bond donors (Lipinski definition) is 1. The van der Waals surface area contributed by atoms with Gasteiger partial charge in [-0.2, -0.15) is 4.98 Å². The molecule has 1 aromatic heterocycles. The third-order valence-electron chi connectivity index (χ3n) is 4.05. The van der Waals surface area contributed by atoms with Gasteiger partial charge in [-0.15, -0.1) is 0 Å². The molecule has 0 aliphatic carbocycles. The highest BCUT2D eigenvalue weighted by Gasteiger charge is 2.17. The van der Waals surface area contributed by atoms with Crippen molar-refractivity contribution in [3.8, 4) is 17.1 Å². The predicted octanol–water partition coefficient (Wildman–Crippen LogP) is 2.88. The van der Waals surface area contributed by atoms with E-state index in [1.807, 2.05) is 31.2 Å². The molecule has 142 valence electrons. The Kier molecular flexibility index (Phi) is 5.57. The Hall–Kier alpha value is -2.71. The SMILES string of the molecule is COc1ccc(S(=O)(=O)NCCc2nc(-c3cccc(C)c3)no2)c(C)c1. The first kappa shape index (κ1) is 19.1. The fourth-order valence-electron chi connectivity index (χ4n) is 2.68. The van der Waals surface area contributed by atoms with Crippen LogP contribution >= 0.6 is 0 Å². The summed E-state index contributed by atoms with van der Waals surface area (Å²) in [7, 11) is -2.09. The first-order valence-corrected chi connectivity index (χ1v) is 9.91. The van der Waals surface area contributed by atoms with E-state index in [0.29, 0.717) is 29.4 Å². The van der Waals surface area contributed by atoms with Gasteiger partial charge in [0.2, 0.25) is 21.7 Å². The average molecular weight is 387 g/mol. The molecule has 2 aromatic carbocycles. The molecule has 0 aliphatic rings. The highest BCUT2D eigenvalue weighted by molar-refractivity contribution is 7.89. The van der Waals surface area contributed by atoms with E-state index in [4.69, 9.17) is 9.26 Å². The minimum atomic E-state index is -3.63. The van der Waals surface area contributed by atoms with Crippen molar-refractivity contribution in [2.45, 2.75) is 25.2 Å². The van der Waals surface area contributed by atoms with Crippen LogP contribution in [0.2, 0.25) is 0 Å². The summed E-state index contributed by atoms with van der Waals surface area (Å²) in [5, 5.41) is 3.96. The van der Waals surface area contributed by atoms with Crippen LogP contribution < -0.4 is 9.46 Å². The molecular formula is C19H21N3O4S. The van der Waals surface area contributed by atoms with Crippen LogP contribution in [-0.2, 0) is 16.4 Å². The minimum absolute atomic E-state index is 0.156. The first-order chi connectivity index (χ1) is 12.9. The number of ether oxygens (including phenoxy) is 1. The Bertz CT molecular complexity index is 1040. The van der Waals surface area contributed by atoms with Gasteiger partial charge in [0, 0.05) is 18.5 Å². The average Bonchev–Trinajstić information content (AvgIpc) is 3.10. The van der Waals surface area contributed by atoms with Crippen molar-refractivity contribution >= 4 is 10.0 Å². The van der Waals surface area contributed by atoms with Crippen LogP contribution in [0, 0.1) is 13.8 Å². The molecule has 0 bridgehead atoms. The number of benzene rings is 2. The van der Waals surface area contributed by atoms with E-state index in [9.17, 15) is 8.42 Å². The zero-order chi connectivity index (χ0) is 19.4. The fraction of sp³-hybridized carbons (Fsp3) is 0.263. The number of sulfonamides is 1. The fourth-order valence-corrected chi connectivity index (χ4v) is 3.93. The molecule has 0 spiro atoms. The smallest absolute Gasteiger partial charge is 0.240 e. The lowest BCUT2D eigenvalue weighted by Gasteiger charge is -2.09. The van der Waals surface area contributed by atoms with Gasteiger partial charge in [0.05, 0.1) is 12.0 Å². The largest absolute Gasteiger partial charge is 0.497 e. The minimum Gasteiger partial charge on any atom is -0.497 e. The summed E-state index contributed by atoms with van der Waals surface area (Å²) in [6.07, 6.45) is 0.299. The van der Waals surface area contributed by atoms with Gasteiger partial charge in [-0.25, -0.2) is 13.1 Å². The molecule has 0 unspecified atom stereocenters. The number of rotatable bonds is 7. The standard InChI is InChI=1S/C19H21N3O4S/c1-13-5-4-6-15(11-13)19-21-18(26-22-19)9-10-20-27(23,24)17-8-7-16(25-3)12-14(17)2/h4-8,11-12,20H,9-10H2,1-3H3. The van der Waals surface area contributed by atoms with Gasteiger partial charge in [0.25, 0.3) is 0 Å². The quantitative estimate of drug-likeness (QED) is 0.670. The van der Waals surface area contributed by atoms with Crippen LogP contribution in [0.5, 0.6) is 5.75 Å². The van der Waals surface area contributed by atoms with E-state index in [1.54, 1.807) is 19.1 Å². The van der Waals surface area contributed by atoms with Crippen molar-refractivity contribution < 1.29 is 17.7 Å². The maximum atomic E-state index is 12.5. The Morgan fingerprint density at radius 1 is 1.15 bits per heavy atom. The molecule has 0 fully saturated rings. The number of methoxy groups -OCH3 is 1. The number of aromatic nitrogens is 2. The van der Waals surface area contributed by atoms with E-state index in [2.05, 4.69) is 14.9 Å². The molecule has 0 aliphatic heterocycles. The molecule has 0 saturated carbocycles. The lowest BCUT2D eigenvalue weighted by atomic mass is 10.1. The predicted molar refractivity (Wildman–Crippen MR) is 101 cm³/mol. The molecule has 1 N–H and O–H groups in total. The number of aryl methyl sites for hydroxylation is 2. The van der Waals surface area contributed by atoms with Crippen molar-refractivity contribution in [2.24, 2.45) is 0 Å². The molecule has 8 heteroatoms. The Morgan fingerprint density at radius 3 is 2.67 bits per heavy atom. The normalized spacial score (nSPS) is 11.5. The van der Waals surface area contributed by atoms with E-state index >= 15 is 0 Å². The van der Waals surface area contributed by atoms with Crippen LogP contribution in [0.25, 0.3) is 11.4 Å². The summed E-state index contributed by atoms with van der Waals surface area (Å²) >= 11 is 0. The zero-order valence-corrected chi connectivity index (χ0v) is 16.2. The van der Waals surface area contributed by atoms with Crippen LogP contribution in [0.4, 0.5) is 0 Å². The van der Waals surface area contributed by atoms with Crippen molar-refractivity contribution in [2.75, 3.05) is 13.7 Å². The maximum absolute atomic E-state index is 12.5. The highest BCUT2D eigenvalue weighted by Crippen LogP contribution is 2.21. The summed E-state index contributed by atoms with van der Waals surface area (Å²) in [6, 6.07) is 12.6. The molecule has 1 heterocycles. The summed E-state index contributed by atoms with van der Waals surface area (Å²) in [5.74, 6) is 1.48. The molecule has 0 amide bonds. The summed E-state index contributed by atoms with van der Waals surface area (Å²) in [6.45, 7) is 3.87. The zero-order valence-electron chi connectivity index (χ0n) is 15.4. The Labute approximate surface area is 158 Å². The summed E-state index contributed by atoms with van der Waals surface area (Å²) in [5.41, 5.74) is 2.57. The third-order valence-corrected chi connectivity index (χ3v) is 5.67. The Morgan fingerprint density at radius 2 is 1.96 bits per heavy atom. The van der Waals surface area contributed by atoms with E-state index in [-0.39, 0.29) is 11.4 Å². The molecule has 0 saturated heterocycles. The van der Waals surface area contributed by atoms with Gasteiger partial charge >= 0.3 is 0 Å². The second kappa shape index (κ2) is 7.89. The van der Waals surface area contributed by atoms with E-state index < -0.39 is 10.0 Å². The van der Waals surface area contributed by atoms with Gasteiger partial charge in [0.15, 0.2) is 0 Å².